The van der Waals surface area contributed by atoms with Gasteiger partial charge < -0.3 is 10.1 Å². The molecule has 6 nitrogen and oxygen atoms in total. The van der Waals surface area contributed by atoms with Crippen LogP contribution in [0.2, 0.25) is 0 Å². The summed E-state index contributed by atoms with van der Waals surface area (Å²) in [5, 5.41) is 19.4. The van der Waals surface area contributed by atoms with Crippen LogP contribution in [0.3, 0.4) is 0 Å². The van der Waals surface area contributed by atoms with Crippen molar-refractivity contribution in [1.82, 2.24) is 0 Å². The predicted molar refractivity (Wildman–Crippen MR) is 94.5 cm³/mol. The van der Waals surface area contributed by atoms with Crippen molar-refractivity contribution in [1.29, 1.82) is 5.26 Å². The predicted octanol–water partition coefficient (Wildman–Crippen LogP) is 3.13. The van der Waals surface area contributed by atoms with Crippen molar-refractivity contribution >= 4 is 39.5 Å². The van der Waals surface area contributed by atoms with Gasteiger partial charge in [-0.15, -0.1) is 5.10 Å². The second-order valence-corrected chi connectivity index (χ2v) is 5.74. The van der Waals surface area contributed by atoms with E-state index in [0.717, 1.165) is 4.47 Å². The van der Waals surface area contributed by atoms with E-state index in [0.29, 0.717) is 22.6 Å². The van der Waals surface area contributed by atoms with Crippen molar-refractivity contribution in [2.45, 2.75) is 0 Å². The van der Waals surface area contributed by atoms with Crippen LogP contribution in [0.25, 0.3) is 0 Å². The zero-order valence-electron chi connectivity index (χ0n) is 12.4. The van der Waals surface area contributed by atoms with Crippen LogP contribution in [0.1, 0.15) is 11.1 Å². The molecule has 7 heteroatoms. The van der Waals surface area contributed by atoms with Gasteiger partial charge in [0.15, 0.2) is 12.3 Å². The number of ether oxygens (including phenoxy) is 1. The van der Waals surface area contributed by atoms with Crippen LogP contribution < -0.4 is 10.1 Å². The average Bonchev–Trinajstić information content (AvgIpc) is 2.89. The summed E-state index contributed by atoms with van der Waals surface area (Å²) in [5.41, 5.74) is 2.32. The summed E-state index contributed by atoms with van der Waals surface area (Å²) in [4.78, 5) is 12.0. The van der Waals surface area contributed by atoms with E-state index in [2.05, 4.69) is 31.4 Å². The Kier molecular flexibility index (Phi) is 4.68. The van der Waals surface area contributed by atoms with Gasteiger partial charge in [0.2, 0.25) is 0 Å². The Bertz CT molecular complexity index is 900. The lowest BCUT2D eigenvalue weighted by molar-refractivity contribution is -0.110. The molecule has 0 bridgehead atoms. The van der Waals surface area contributed by atoms with Crippen LogP contribution in [0.15, 0.2) is 57.1 Å². The summed E-state index contributed by atoms with van der Waals surface area (Å²) in [6.07, 6.45) is 1.49. The molecule has 24 heavy (non-hydrogen) atoms. The maximum atomic E-state index is 12.0. The number of amides is 1. The van der Waals surface area contributed by atoms with Crippen LogP contribution in [0.5, 0.6) is 5.75 Å². The number of hydrogen-bond donors (Lipinski definition) is 1. The van der Waals surface area contributed by atoms with E-state index >= 15 is 0 Å². The molecular weight excluding hydrogens is 372 g/mol. The lowest BCUT2D eigenvalue weighted by Crippen LogP contribution is -2.13. The third kappa shape index (κ3) is 3.34. The number of carbonyl (C=O) groups is 1. The zero-order chi connectivity index (χ0) is 16.9. The van der Waals surface area contributed by atoms with Gasteiger partial charge in [-0.25, -0.2) is 0 Å². The molecule has 0 saturated carbocycles. The molecule has 1 heterocycles. The van der Waals surface area contributed by atoms with Crippen LogP contribution in [-0.4, -0.2) is 24.4 Å². The summed E-state index contributed by atoms with van der Waals surface area (Å²) in [6.45, 7) is -0.0524. The minimum atomic E-state index is -0.297. The normalized spacial score (nSPS) is 14.5. The van der Waals surface area contributed by atoms with Crippen molar-refractivity contribution in [3.63, 3.8) is 0 Å². The number of anilines is 1. The third-order valence-corrected chi connectivity index (χ3v) is 3.76. The van der Waals surface area contributed by atoms with Crippen LogP contribution >= 0.6 is 15.9 Å². The number of nitrogens with one attached hydrogen (secondary N) is 1. The molecule has 1 aliphatic heterocycles. The first-order valence-electron chi connectivity index (χ1n) is 7.00. The Balaban J connectivity index is 1.87. The monoisotopic (exact) mass is 382 g/mol. The van der Waals surface area contributed by atoms with Gasteiger partial charge in [0.1, 0.15) is 11.8 Å². The minimum absolute atomic E-state index is 0.0524. The number of nitrogens with zero attached hydrogens (tertiary/aromatic N) is 3. The minimum Gasteiger partial charge on any atom is -0.478 e. The summed E-state index contributed by atoms with van der Waals surface area (Å²) in [7, 11) is 0. The molecule has 2 aromatic carbocycles. The highest BCUT2D eigenvalue weighted by atomic mass is 79.9. The molecular formula is C17H11BrN4O2. The number of para-hydroxylation sites is 1. The largest absolute Gasteiger partial charge is 0.478 e. The van der Waals surface area contributed by atoms with Gasteiger partial charge in [0.25, 0.3) is 5.91 Å². The molecule has 1 amide bonds. The molecule has 0 unspecified atom stereocenters. The number of fused-ring (bicyclic) bond motifs is 1. The van der Waals surface area contributed by atoms with Crippen LogP contribution in [-0.2, 0) is 4.79 Å². The first kappa shape index (κ1) is 15.9. The molecule has 1 N–H and O–H groups in total. The number of benzene rings is 2. The Morgan fingerprint density at radius 3 is 2.96 bits per heavy atom. The molecule has 0 aliphatic carbocycles. The Hall–Kier alpha value is -2.98. The highest BCUT2D eigenvalue weighted by Gasteiger charge is 2.26. The summed E-state index contributed by atoms with van der Waals surface area (Å²) < 4.78 is 6.17. The number of carbonyl (C=O) groups excluding carboxylic acids is 1. The van der Waals surface area contributed by atoms with Crippen molar-refractivity contribution in [2.24, 2.45) is 10.2 Å². The van der Waals surface area contributed by atoms with E-state index in [4.69, 9.17) is 10.00 Å². The molecule has 2 aromatic rings. The van der Waals surface area contributed by atoms with E-state index in [-0.39, 0.29) is 18.2 Å². The second kappa shape index (κ2) is 7.06. The fourth-order valence-electron chi connectivity index (χ4n) is 2.20. The molecule has 1 aliphatic rings. The fraction of sp³-hybridized carbons (Fsp3) is 0.0588. The third-order valence-electron chi connectivity index (χ3n) is 3.27. The molecule has 0 aromatic heterocycles. The summed E-state index contributed by atoms with van der Waals surface area (Å²) in [6, 6.07) is 14.5. The van der Waals surface area contributed by atoms with Crippen LogP contribution in [0.4, 0.5) is 5.69 Å². The molecule has 0 atom stereocenters. The van der Waals surface area contributed by atoms with Crippen molar-refractivity contribution in [3.8, 4) is 11.8 Å². The maximum absolute atomic E-state index is 12.0. The second-order valence-electron chi connectivity index (χ2n) is 4.82. The van der Waals surface area contributed by atoms with E-state index in [9.17, 15) is 4.79 Å². The average molecular weight is 383 g/mol. The van der Waals surface area contributed by atoms with Gasteiger partial charge in [0.05, 0.1) is 11.9 Å². The SMILES string of the molecule is N#CCOc1ccccc1/C=N/N=C1\C(=O)Nc2ccc(Br)cc21. The number of nitriles is 1. The molecule has 0 spiro atoms. The first-order chi connectivity index (χ1) is 11.7. The highest BCUT2D eigenvalue weighted by Crippen LogP contribution is 2.27. The molecule has 118 valence electrons. The van der Waals surface area contributed by atoms with Gasteiger partial charge in [-0.3, -0.25) is 4.79 Å². The summed E-state index contributed by atoms with van der Waals surface area (Å²) >= 11 is 3.38. The molecule has 3 rings (SSSR count). The van der Waals surface area contributed by atoms with Gasteiger partial charge in [-0.1, -0.05) is 28.1 Å². The van der Waals surface area contributed by atoms with Crippen molar-refractivity contribution in [2.75, 3.05) is 11.9 Å². The highest BCUT2D eigenvalue weighted by molar-refractivity contribution is 9.10. The van der Waals surface area contributed by atoms with Crippen molar-refractivity contribution in [3.05, 3.63) is 58.1 Å². The smallest absolute Gasteiger partial charge is 0.276 e. The molecule has 0 saturated heterocycles. The van der Waals surface area contributed by atoms with E-state index in [1.165, 1.54) is 6.21 Å². The Morgan fingerprint density at radius 2 is 2.12 bits per heavy atom. The van der Waals surface area contributed by atoms with Gasteiger partial charge >= 0.3 is 0 Å². The lowest BCUT2D eigenvalue weighted by atomic mass is 10.1. The van der Waals surface area contributed by atoms with Crippen LogP contribution in [0, 0.1) is 11.3 Å². The number of rotatable bonds is 4. The fourth-order valence-corrected chi connectivity index (χ4v) is 2.56. The first-order valence-corrected chi connectivity index (χ1v) is 7.79. The number of halogens is 1. The maximum Gasteiger partial charge on any atom is 0.276 e. The van der Waals surface area contributed by atoms with Gasteiger partial charge in [0, 0.05) is 15.6 Å². The van der Waals surface area contributed by atoms with E-state index < -0.39 is 0 Å². The Labute approximate surface area is 146 Å². The quantitative estimate of drug-likeness (QED) is 0.650. The van der Waals surface area contributed by atoms with Gasteiger partial charge in [-0.2, -0.15) is 10.4 Å². The van der Waals surface area contributed by atoms with Gasteiger partial charge in [-0.05, 0) is 30.3 Å². The lowest BCUT2D eigenvalue weighted by Gasteiger charge is -2.03. The Morgan fingerprint density at radius 1 is 1.29 bits per heavy atom. The van der Waals surface area contributed by atoms with E-state index in [1.807, 2.05) is 24.3 Å². The van der Waals surface area contributed by atoms with E-state index in [1.54, 1.807) is 24.3 Å². The summed E-state index contributed by atoms with van der Waals surface area (Å²) in [5.74, 6) is 0.233. The standard InChI is InChI=1S/C17H11BrN4O2/c18-12-5-6-14-13(9-12)16(17(23)21-14)22-20-10-11-3-1-2-4-15(11)24-8-7-19/h1-6,9-10H,8H2,(H,21,22,23)/b20-10+. The molecule has 0 fully saturated rings. The van der Waals surface area contributed by atoms with Crippen molar-refractivity contribution < 1.29 is 9.53 Å². The molecule has 0 radical (unpaired) electrons. The topological polar surface area (TPSA) is 86.8 Å². The zero-order valence-corrected chi connectivity index (χ0v) is 13.9. The number of hydrogen-bond acceptors (Lipinski definition) is 5.